The second-order valence-electron chi connectivity index (χ2n) is 6.68. The van der Waals surface area contributed by atoms with Crippen molar-refractivity contribution in [1.82, 2.24) is 14.2 Å². The molecule has 1 aliphatic heterocycles. The van der Waals surface area contributed by atoms with Crippen molar-refractivity contribution in [3.8, 4) is 0 Å². The number of nitrogens with two attached hydrogens (primary N) is 1. The van der Waals surface area contributed by atoms with Gasteiger partial charge in [-0.2, -0.15) is 0 Å². The summed E-state index contributed by atoms with van der Waals surface area (Å²) in [7, 11) is -3.16. The predicted octanol–water partition coefficient (Wildman–Crippen LogP) is 1.03. The number of aryl methyl sites for hydroxylation is 1. The second kappa shape index (κ2) is 8.20. The molecule has 1 aromatic heterocycles. The molecule has 0 unspecified atom stereocenters. The summed E-state index contributed by atoms with van der Waals surface area (Å²) in [6.07, 6.45) is 4.21. The van der Waals surface area contributed by atoms with Crippen molar-refractivity contribution in [2.24, 2.45) is 5.73 Å². The monoisotopic (exact) mass is 378 g/mol. The van der Waals surface area contributed by atoms with E-state index >= 15 is 0 Å². The standard InChI is InChI=1S/C18H26N4O3S/c19-18(23)7-11-21-14-15(16-5-1-2-6-17(16)21)13-20-8-12-26(24,25)22-9-3-4-10-22/h1-2,5-6,14,20H,3-4,7-13H2,(H2,19,23). The number of carbonyl (C=O) groups excluding carboxylic acids is 1. The lowest BCUT2D eigenvalue weighted by molar-refractivity contribution is -0.118. The summed E-state index contributed by atoms with van der Waals surface area (Å²) in [5.74, 6) is -0.206. The van der Waals surface area contributed by atoms with Crippen LogP contribution in [0.3, 0.4) is 0 Å². The minimum absolute atomic E-state index is 0.118. The van der Waals surface area contributed by atoms with Gasteiger partial charge in [0.2, 0.25) is 15.9 Å². The maximum atomic E-state index is 12.2. The molecule has 1 aliphatic rings. The van der Waals surface area contributed by atoms with E-state index < -0.39 is 10.0 Å². The molecule has 0 spiro atoms. The molecule has 7 nitrogen and oxygen atoms in total. The Kier molecular flexibility index (Phi) is 5.95. The van der Waals surface area contributed by atoms with E-state index in [0.717, 1.165) is 29.3 Å². The first-order valence-corrected chi connectivity index (χ1v) is 10.6. The highest BCUT2D eigenvalue weighted by atomic mass is 32.2. The normalized spacial score (nSPS) is 15.7. The van der Waals surface area contributed by atoms with Gasteiger partial charge in [0.05, 0.1) is 5.75 Å². The Labute approximate surface area is 154 Å². The van der Waals surface area contributed by atoms with Crippen LogP contribution in [0.5, 0.6) is 0 Å². The summed E-state index contributed by atoms with van der Waals surface area (Å²) in [6.45, 7) is 2.84. The topological polar surface area (TPSA) is 97.4 Å². The van der Waals surface area contributed by atoms with E-state index in [1.165, 1.54) is 0 Å². The van der Waals surface area contributed by atoms with Crippen LogP contribution in [-0.4, -0.2) is 48.6 Å². The highest BCUT2D eigenvalue weighted by Crippen LogP contribution is 2.21. The number of carbonyl (C=O) groups is 1. The van der Waals surface area contributed by atoms with Gasteiger partial charge in [-0.15, -0.1) is 0 Å². The third-order valence-corrected chi connectivity index (χ3v) is 6.65. The summed E-state index contributed by atoms with van der Waals surface area (Å²) in [6, 6.07) is 7.98. The first kappa shape index (κ1) is 18.9. The Balaban J connectivity index is 1.61. The number of rotatable bonds is 9. The first-order valence-electron chi connectivity index (χ1n) is 9.01. The van der Waals surface area contributed by atoms with Crippen molar-refractivity contribution in [3.63, 3.8) is 0 Å². The van der Waals surface area contributed by atoms with Crippen LogP contribution in [-0.2, 0) is 27.9 Å². The van der Waals surface area contributed by atoms with E-state index in [1.807, 2.05) is 35.0 Å². The molecule has 1 aromatic carbocycles. The van der Waals surface area contributed by atoms with Crippen LogP contribution in [0, 0.1) is 0 Å². The quantitative estimate of drug-likeness (QED) is 0.637. The second-order valence-corrected chi connectivity index (χ2v) is 8.77. The van der Waals surface area contributed by atoms with Crippen LogP contribution in [0.15, 0.2) is 30.5 Å². The van der Waals surface area contributed by atoms with Gasteiger partial charge in [-0.05, 0) is 24.5 Å². The van der Waals surface area contributed by atoms with Crippen LogP contribution in [0.4, 0.5) is 0 Å². The molecule has 0 atom stereocenters. The molecule has 26 heavy (non-hydrogen) atoms. The molecule has 1 fully saturated rings. The first-order chi connectivity index (χ1) is 12.5. The van der Waals surface area contributed by atoms with E-state index in [9.17, 15) is 13.2 Å². The van der Waals surface area contributed by atoms with Gasteiger partial charge in [0, 0.05) is 56.2 Å². The van der Waals surface area contributed by atoms with E-state index in [-0.39, 0.29) is 11.7 Å². The average Bonchev–Trinajstić information content (AvgIpc) is 3.26. The highest BCUT2D eigenvalue weighted by molar-refractivity contribution is 7.89. The molecule has 1 saturated heterocycles. The Hall–Kier alpha value is -1.90. The van der Waals surface area contributed by atoms with Crippen molar-refractivity contribution in [1.29, 1.82) is 0 Å². The molecule has 0 radical (unpaired) electrons. The van der Waals surface area contributed by atoms with Gasteiger partial charge in [-0.25, -0.2) is 12.7 Å². The molecule has 2 aromatic rings. The van der Waals surface area contributed by atoms with Crippen molar-refractivity contribution in [2.75, 3.05) is 25.4 Å². The van der Waals surface area contributed by atoms with E-state index in [2.05, 4.69) is 5.32 Å². The number of sulfonamides is 1. The van der Waals surface area contributed by atoms with Gasteiger partial charge < -0.3 is 15.6 Å². The Bertz CT molecular complexity index is 870. The predicted molar refractivity (Wildman–Crippen MR) is 102 cm³/mol. The number of fused-ring (bicyclic) bond motifs is 1. The van der Waals surface area contributed by atoms with Crippen molar-refractivity contribution < 1.29 is 13.2 Å². The number of hydrogen-bond donors (Lipinski definition) is 2. The molecule has 1 amide bonds. The van der Waals surface area contributed by atoms with E-state index in [4.69, 9.17) is 5.73 Å². The zero-order chi connectivity index (χ0) is 18.6. The Morgan fingerprint density at radius 3 is 2.65 bits per heavy atom. The molecule has 3 rings (SSSR count). The lowest BCUT2D eigenvalue weighted by atomic mass is 10.2. The Morgan fingerprint density at radius 2 is 1.92 bits per heavy atom. The molecule has 2 heterocycles. The lowest BCUT2D eigenvalue weighted by Gasteiger charge is -2.15. The number of nitrogens with zero attached hydrogens (tertiary/aromatic N) is 2. The summed E-state index contributed by atoms with van der Waals surface area (Å²) < 4.78 is 28.1. The molecular weight excluding hydrogens is 352 g/mol. The molecule has 0 aliphatic carbocycles. The van der Waals surface area contributed by atoms with Crippen molar-refractivity contribution in [2.45, 2.75) is 32.4 Å². The number of nitrogens with one attached hydrogen (secondary N) is 1. The summed E-state index contributed by atoms with van der Waals surface area (Å²) in [5.41, 5.74) is 7.39. The fraction of sp³-hybridized carbons (Fsp3) is 0.500. The van der Waals surface area contributed by atoms with Gasteiger partial charge in [-0.1, -0.05) is 18.2 Å². The maximum absolute atomic E-state index is 12.2. The van der Waals surface area contributed by atoms with Crippen LogP contribution >= 0.6 is 0 Å². The van der Waals surface area contributed by atoms with E-state index in [1.54, 1.807) is 4.31 Å². The third-order valence-electron chi connectivity index (χ3n) is 4.78. The van der Waals surface area contributed by atoms with Gasteiger partial charge in [0.1, 0.15) is 0 Å². The average molecular weight is 378 g/mol. The summed E-state index contributed by atoms with van der Waals surface area (Å²) >= 11 is 0. The third kappa shape index (κ3) is 4.44. The van der Waals surface area contributed by atoms with Crippen LogP contribution in [0.25, 0.3) is 10.9 Å². The van der Waals surface area contributed by atoms with Gasteiger partial charge in [0.15, 0.2) is 0 Å². The molecule has 0 bridgehead atoms. The number of hydrogen-bond acceptors (Lipinski definition) is 4. The largest absolute Gasteiger partial charge is 0.370 e. The zero-order valence-electron chi connectivity index (χ0n) is 14.9. The van der Waals surface area contributed by atoms with Gasteiger partial charge >= 0.3 is 0 Å². The number of aromatic nitrogens is 1. The molecule has 3 N–H and O–H groups in total. The smallest absolute Gasteiger partial charge is 0.219 e. The number of para-hydroxylation sites is 1. The molecule has 0 saturated carbocycles. The van der Waals surface area contributed by atoms with Crippen LogP contribution in [0.2, 0.25) is 0 Å². The molecular formula is C18H26N4O3S. The highest BCUT2D eigenvalue weighted by Gasteiger charge is 2.24. The van der Waals surface area contributed by atoms with Crippen molar-refractivity contribution in [3.05, 3.63) is 36.0 Å². The van der Waals surface area contributed by atoms with Gasteiger partial charge in [-0.3, -0.25) is 4.79 Å². The van der Waals surface area contributed by atoms with Crippen LogP contribution in [0.1, 0.15) is 24.8 Å². The van der Waals surface area contributed by atoms with E-state index in [0.29, 0.717) is 39.1 Å². The maximum Gasteiger partial charge on any atom is 0.219 e. The lowest BCUT2D eigenvalue weighted by Crippen LogP contribution is -2.34. The molecule has 142 valence electrons. The minimum Gasteiger partial charge on any atom is -0.370 e. The zero-order valence-corrected chi connectivity index (χ0v) is 15.7. The minimum atomic E-state index is -3.16. The number of primary amides is 1. The summed E-state index contributed by atoms with van der Waals surface area (Å²) in [5, 5.41) is 4.34. The van der Waals surface area contributed by atoms with Crippen LogP contribution < -0.4 is 11.1 Å². The molecule has 8 heteroatoms. The van der Waals surface area contributed by atoms with Gasteiger partial charge in [0.25, 0.3) is 0 Å². The fourth-order valence-electron chi connectivity index (χ4n) is 3.40. The SMILES string of the molecule is NC(=O)CCn1cc(CNCCS(=O)(=O)N2CCCC2)c2ccccc21. The van der Waals surface area contributed by atoms with Crippen molar-refractivity contribution >= 4 is 26.8 Å². The Morgan fingerprint density at radius 1 is 1.19 bits per heavy atom. The summed E-state index contributed by atoms with van der Waals surface area (Å²) in [4.78, 5) is 11.1. The number of amides is 1. The fourth-order valence-corrected chi connectivity index (χ4v) is 4.87. The number of benzene rings is 1.